The number of hydrogen-bond acceptors (Lipinski definition) is 6. The Hall–Kier alpha value is -2.64. The molecule has 8 heteroatoms. The quantitative estimate of drug-likeness (QED) is 0.410. The summed E-state index contributed by atoms with van der Waals surface area (Å²) in [5, 5.41) is 11.1. The van der Waals surface area contributed by atoms with Gasteiger partial charge in [0.05, 0.1) is 17.2 Å². The number of rotatable bonds is 7. The van der Waals surface area contributed by atoms with E-state index in [2.05, 4.69) is 0 Å². The van der Waals surface area contributed by atoms with Crippen molar-refractivity contribution < 1.29 is 24.0 Å². The number of nitrogens with zero attached hydrogens (tertiary/aromatic N) is 2. The Balaban J connectivity index is 2.36. The highest BCUT2D eigenvalue weighted by Crippen LogP contribution is 2.39. The fourth-order valence-electron chi connectivity index (χ4n) is 2.79. The maximum Gasteiger partial charge on any atom is 0.328 e. The minimum atomic E-state index is -0.921. The second kappa shape index (κ2) is 8.37. The van der Waals surface area contributed by atoms with Gasteiger partial charge in [-0.25, -0.2) is 4.79 Å². The molecule has 0 N–H and O–H groups in total. The van der Waals surface area contributed by atoms with E-state index in [0.717, 1.165) is 0 Å². The summed E-state index contributed by atoms with van der Waals surface area (Å²) in [6.07, 6.45) is -0.0588. The van der Waals surface area contributed by atoms with Crippen LogP contribution in [0.4, 0.5) is 11.4 Å². The number of fused-ring (bicyclic) bond motifs is 1. The van der Waals surface area contributed by atoms with Crippen molar-refractivity contribution in [2.75, 3.05) is 11.5 Å². The van der Waals surface area contributed by atoms with Gasteiger partial charge in [-0.1, -0.05) is 27.7 Å². The first-order valence-electron chi connectivity index (χ1n) is 9.08. The first-order chi connectivity index (χ1) is 12.6. The summed E-state index contributed by atoms with van der Waals surface area (Å²) in [5.74, 6) is -0.378. The highest BCUT2D eigenvalue weighted by atomic mass is 16.6. The van der Waals surface area contributed by atoms with Crippen LogP contribution in [0, 0.1) is 22.0 Å². The smallest absolute Gasteiger partial charge is 0.328 e. The van der Waals surface area contributed by atoms with Crippen molar-refractivity contribution in [3.63, 3.8) is 0 Å². The molecule has 0 radical (unpaired) electrons. The van der Waals surface area contributed by atoms with Gasteiger partial charge in [-0.05, 0) is 31.2 Å². The second-order valence-electron chi connectivity index (χ2n) is 7.43. The third-order valence-electron chi connectivity index (χ3n) is 4.42. The van der Waals surface area contributed by atoms with Gasteiger partial charge in [0.25, 0.3) is 11.6 Å². The molecule has 1 aromatic carbocycles. The Kier molecular flexibility index (Phi) is 6.41. The lowest BCUT2D eigenvalue weighted by Gasteiger charge is -2.38. The highest BCUT2D eigenvalue weighted by Gasteiger charge is 2.41. The zero-order chi connectivity index (χ0) is 20.3. The number of benzene rings is 1. The number of esters is 1. The summed E-state index contributed by atoms with van der Waals surface area (Å²) in [6.45, 7) is 9.53. The zero-order valence-electron chi connectivity index (χ0n) is 16.3. The standard InChI is InChI=1S/C19H26N2O6/c1-11(2)8-9-26-19(23)13(5)20-15-10-14(21(24)25)6-7-16(15)27-17(12(3)4)18(20)22/h6-7,10-13,17H,8-9H2,1-5H3. The van der Waals surface area contributed by atoms with Crippen molar-refractivity contribution in [3.05, 3.63) is 28.3 Å². The molecule has 2 rings (SSSR count). The van der Waals surface area contributed by atoms with Gasteiger partial charge in [-0.15, -0.1) is 0 Å². The molecule has 1 aliphatic rings. The summed E-state index contributed by atoms with van der Waals surface area (Å²) in [6, 6.07) is 3.10. The average molecular weight is 378 g/mol. The number of non-ortho nitro benzene ring substituents is 1. The maximum atomic E-state index is 13.0. The number of carbonyl (C=O) groups is 2. The Morgan fingerprint density at radius 1 is 1.30 bits per heavy atom. The summed E-state index contributed by atoms with van der Waals surface area (Å²) in [5.41, 5.74) is 0.0259. The van der Waals surface area contributed by atoms with Crippen molar-refractivity contribution in [2.24, 2.45) is 11.8 Å². The third kappa shape index (κ3) is 4.56. The van der Waals surface area contributed by atoms with Crippen LogP contribution in [0.15, 0.2) is 18.2 Å². The first kappa shape index (κ1) is 20.7. The van der Waals surface area contributed by atoms with Crippen LogP contribution < -0.4 is 9.64 Å². The number of hydrogen-bond donors (Lipinski definition) is 0. The van der Waals surface area contributed by atoms with Gasteiger partial charge in [-0.2, -0.15) is 0 Å². The van der Waals surface area contributed by atoms with Crippen LogP contribution >= 0.6 is 0 Å². The van der Waals surface area contributed by atoms with E-state index in [1.54, 1.807) is 6.92 Å². The van der Waals surface area contributed by atoms with Gasteiger partial charge in [0, 0.05) is 12.1 Å². The summed E-state index contributed by atoms with van der Waals surface area (Å²) >= 11 is 0. The van der Waals surface area contributed by atoms with Crippen LogP contribution in [0.3, 0.4) is 0 Å². The van der Waals surface area contributed by atoms with E-state index in [1.807, 2.05) is 27.7 Å². The van der Waals surface area contributed by atoms with Crippen LogP contribution in [0.2, 0.25) is 0 Å². The Morgan fingerprint density at radius 2 is 1.96 bits per heavy atom. The number of carbonyl (C=O) groups excluding carboxylic acids is 2. The van der Waals surface area contributed by atoms with Crippen molar-refractivity contribution >= 4 is 23.3 Å². The molecule has 1 heterocycles. The van der Waals surface area contributed by atoms with Crippen LogP contribution in [-0.4, -0.2) is 35.6 Å². The molecule has 0 fully saturated rings. The monoisotopic (exact) mass is 378 g/mol. The number of nitro groups is 1. The fraction of sp³-hybridized carbons (Fsp3) is 0.579. The van der Waals surface area contributed by atoms with Gasteiger partial charge in [0.1, 0.15) is 11.8 Å². The van der Waals surface area contributed by atoms with Gasteiger partial charge in [0.2, 0.25) is 0 Å². The molecular weight excluding hydrogens is 352 g/mol. The molecule has 1 amide bonds. The molecule has 1 aliphatic heterocycles. The van der Waals surface area contributed by atoms with Gasteiger partial charge >= 0.3 is 5.97 Å². The zero-order valence-corrected chi connectivity index (χ0v) is 16.3. The second-order valence-corrected chi connectivity index (χ2v) is 7.43. The van der Waals surface area contributed by atoms with E-state index in [1.165, 1.54) is 23.1 Å². The normalized spacial score (nSPS) is 17.5. The van der Waals surface area contributed by atoms with E-state index in [-0.39, 0.29) is 23.9 Å². The average Bonchev–Trinajstić information content (AvgIpc) is 2.59. The van der Waals surface area contributed by atoms with E-state index in [0.29, 0.717) is 18.1 Å². The van der Waals surface area contributed by atoms with Gasteiger partial charge < -0.3 is 9.47 Å². The lowest BCUT2D eigenvalue weighted by atomic mass is 10.0. The van der Waals surface area contributed by atoms with Crippen molar-refractivity contribution in [3.8, 4) is 5.75 Å². The summed E-state index contributed by atoms with van der Waals surface area (Å²) < 4.78 is 11.0. The lowest BCUT2D eigenvalue weighted by molar-refractivity contribution is -0.384. The maximum absolute atomic E-state index is 13.0. The first-order valence-corrected chi connectivity index (χ1v) is 9.08. The molecule has 2 unspecified atom stereocenters. The predicted octanol–water partition coefficient (Wildman–Crippen LogP) is 3.32. The molecular formula is C19H26N2O6. The molecule has 8 nitrogen and oxygen atoms in total. The predicted molar refractivity (Wildman–Crippen MR) is 99.7 cm³/mol. The molecule has 0 bridgehead atoms. The molecule has 0 aliphatic carbocycles. The van der Waals surface area contributed by atoms with Crippen LogP contribution in [0.1, 0.15) is 41.0 Å². The van der Waals surface area contributed by atoms with Gasteiger partial charge in [-0.3, -0.25) is 19.8 Å². The molecule has 0 saturated carbocycles. The summed E-state index contributed by atoms with van der Waals surface area (Å²) in [4.78, 5) is 37.3. The van der Waals surface area contributed by atoms with Crippen LogP contribution in [0.25, 0.3) is 0 Å². The molecule has 0 saturated heterocycles. The van der Waals surface area contributed by atoms with Gasteiger partial charge in [0.15, 0.2) is 6.10 Å². The highest BCUT2D eigenvalue weighted by molar-refractivity contribution is 6.04. The third-order valence-corrected chi connectivity index (χ3v) is 4.42. The summed E-state index contributed by atoms with van der Waals surface area (Å²) in [7, 11) is 0. The van der Waals surface area contributed by atoms with Crippen LogP contribution in [-0.2, 0) is 14.3 Å². The number of ether oxygens (including phenoxy) is 2. The molecule has 1 aromatic rings. The van der Waals surface area contributed by atoms with Crippen LogP contribution in [0.5, 0.6) is 5.75 Å². The minimum absolute atomic E-state index is 0.132. The fourth-order valence-corrected chi connectivity index (χ4v) is 2.79. The minimum Gasteiger partial charge on any atom is -0.478 e. The van der Waals surface area contributed by atoms with E-state index >= 15 is 0 Å². The molecule has 27 heavy (non-hydrogen) atoms. The molecule has 2 atom stereocenters. The van der Waals surface area contributed by atoms with Crippen molar-refractivity contribution in [2.45, 2.75) is 53.2 Å². The molecule has 0 aromatic heterocycles. The molecule has 148 valence electrons. The SMILES string of the molecule is CC(C)CCOC(=O)C(C)N1C(=O)C(C(C)C)Oc2ccc([N+](=O)[O-])cc21. The number of nitro benzene ring substituents is 1. The number of amides is 1. The van der Waals surface area contributed by atoms with Crippen molar-refractivity contribution in [1.29, 1.82) is 0 Å². The number of anilines is 1. The Bertz CT molecular complexity index is 731. The van der Waals surface area contributed by atoms with Crippen molar-refractivity contribution in [1.82, 2.24) is 0 Å². The van der Waals surface area contributed by atoms with E-state index in [4.69, 9.17) is 9.47 Å². The van der Waals surface area contributed by atoms with E-state index in [9.17, 15) is 19.7 Å². The topological polar surface area (TPSA) is 99.0 Å². The Morgan fingerprint density at radius 3 is 2.52 bits per heavy atom. The Labute approximate surface area is 158 Å². The van der Waals surface area contributed by atoms with E-state index < -0.39 is 28.9 Å². The molecule has 0 spiro atoms. The largest absolute Gasteiger partial charge is 0.478 e. The lowest BCUT2D eigenvalue weighted by Crippen LogP contribution is -2.54.